The van der Waals surface area contributed by atoms with Crippen LogP contribution < -0.4 is 5.32 Å². The lowest BCUT2D eigenvalue weighted by Gasteiger charge is -2.29. The molecular weight excluding hydrogens is 294 g/mol. The second-order valence-corrected chi connectivity index (χ2v) is 7.78. The molecule has 1 N–H and O–H groups in total. The van der Waals surface area contributed by atoms with E-state index < -0.39 is 0 Å². The monoisotopic (exact) mass is 321 g/mol. The van der Waals surface area contributed by atoms with Gasteiger partial charge in [0.05, 0.1) is 5.69 Å². The van der Waals surface area contributed by atoms with Crippen LogP contribution in [0, 0.1) is 11.8 Å². The van der Waals surface area contributed by atoms with E-state index in [4.69, 9.17) is 0 Å². The maximum absolute atomic E-state index is 12.2. The number of carbonyl (C=O) groups is 1. The molecule has 2 aliphatic rings. The Hall–Kier alpha value is -0.940. The van der Waals surface area contributed by atoms with Gasteiger partial charge >= 0.3 is 0 Å². The molecule has 1 saturated heterocycles. The maximum Gasteiger partial charge on any atom is 0.229 e. The Morgan fingerprint density at radius 3 is 2.73 bits per heavy atom. The van der Waals surface area contributed by atoms with Crippen molar-refractivity contribution in [3.8, 4) is 0 Å². The van der Waals surface area contributed by atoms with Crippen molar-refractivity contribution in [1.82, 2.24) is 9.88 Å². The molecular formula is C17H27N3OS. The van der Waals surface area contributed by atoms with Crippen LogP contribution in [0.25, 0.3) is 0 Å². The molecule has 0 bridgehead atoms. The number of carbonyl (C=O) groups excluding carboxylic acids is 1. The second kappa shape index (κ2) is 7.55. The fraction of sp³-hybridized carbons (Fsp3) is 0.765. The van der Waals surface area contributed by atoms with Gasteiger partial charge in [-0.05, 0) is 44.7 Å². The van der Waals surface area contributed by atoms with Crippen molar-refractivity contribution in [3.05, 3.63) is 11.1 Å². The Kier molecular flexibility index (Phi) is 5.47. The molecule has 1 aliphatic carbocycles. The number of rotatable bonds is 4. The van der Waals surface area contributed by atoms with Gasteiger partial charge in [-0.15, -0.1) is 11.3 Å². The third kappa shape index (κ3) is 4.29. The molecule has 122 valence electrons. The molecule has 0 spiro atoms. The molecule has 2 fully saturated rings. The normalized spacial score (nSPS) is 21.9. The van der Waals surface area contributed by atoms with E-state index in [0.29, 0.717) is 0 Å². The Bertz CT molecular complexity index is 488. The number of thiazole rings is 1. The fourth-order valence-corrected chi connectivity index (χ4v) is 4.16. The summed E-state index contributed by atoms with van der Waals surface area (Å²) in [4.78, 5) is 19.3. The summed E-state index contributed by atoms with van der Waals surface area (Å²) in [6.07, 6.45) is 8.31. The number of hydrogen-bond acceptors (Lipinski definition) is 4. The molecule has 1 saturated carbocycles. The van der Waals surface area contributed by atoms with E-state index in [2.05, 4.69) is 27.5 Å². The van der Waals surface area contributed by atoms with Crippen molar-refractivity contribution in [2.24, 2.45) is 11.8 Å². The maximum atomic E-state index is 12.2. The molecule has 22 heavy (non-hydrogen) atoms. The zero-order valence-electron chi connectivity index (χ0n) is 13.5. The summed E-state index contributed by atoms with van der Waals surface area (Å²) in [5.41, 5.74) is 1.10. The lowest BCUT2D eigenvalue weighted by atomic mass is 9.89. The highest BCUT2D eigenvalue weighted by atomic mass is 32.1. The Labute approximate surface area is 137 Å². The molecule has 1 aromatic heterocycles. The van der Waals surface area contributed by atoms with Crippen LogP contribution in [-0.4, -0.2) is 28.9 Å². The topological polar surface area (TPSA) is 45.2 Å². The van der Waals surface area contributed by atoms with Crippen LogP contribution in [0.4, 0.5) is 5.13 Å². The Morgan fingerprint density at radius 1 is 1.27 bits per heavy atom. The van der Waals surface area contributed by atoms with Gasteiger partial charge in [0.1, 0.15) is 0 Å². The zero-order chi connectivity index (χ0) is 15.4. The lowest BCUT2D eigenvalue weighted by Crippen LogP contribution is -2.32. The summed E-state index contributed by atoms with van der Waals surface area (Å²) < 4.78 is 0. The molecule has 0 atom stereocenters. The van der Waals surface area contributed by atoms with Gasteiger partial charge < -0.3 is 5.32 Å². The molecule has 5 heteroatoms. The van der Waals surface area contributed by atoms with Crippen LogP contribution in [-0.2, 0) is 11.3 Å². The zero-order valence-corrected chi connectivity index (χ0v) is 14.3. The summed E-state index contributed by atoms with van der Waals surface area (Å²) in [6, 6.07) is 0. The van der Waals surface area contributed by atoms with Gasteiger partial charge in [-0.25, -0.2) is 4.98 Å². The summed E-state index contributed by atoms with van der Waals surface area (Å²) >= 11 is 1.56. The minimum Gasteiger partial charge on any atom is -0.302 e. The number of nitrogens with one attached hydrogen (secondary N) is 1. The predicted molar refractivity (Wildman–Crippen MR) is 91.0 cm³/mol. The number of likely N-dealkylation sites (tertiary alicyclic amines) is 1. The first-order chi connectivity index (χ1) is 10.7. The highest BCUT2D eigenvalue weighted by Gasteiger charge is 2.22. The van der Waals surface area contributed by atoms with Crippen LogP contribution in [0.5, 0.6) is 0 Å². The number of nitrogens with zero attached hydrogens (tertiary/aromatic N) is 2. The first-order valence-electron chi connectivity index (χ1n) is 8.68. The summed E-state index contributed by atoms with van der Waals surface area (Å²) in [5, 5.41) is 5.89. The van der Waals surface area contributed by atoms with Gasteiger partial charge in [-0.1, -0.05) is 26.2 Å². The van der Waals surface area contributed by atoms with Crippen LogP contribution in [0.2, 0.25) is 0 Å². The number of amides is 1. The van der Waals surface area contributed by atoms with Gasteiger partial charge in [0, 0.05) is 17.8 Å². The average Bonchev–Trinajstić information content (AvgIpc) is 2.97. The first kappa shape index (κ1) is 15.9. The van der Waals surface area contributed by atoms with Crippen molar-refractivity contribution >= 4 is 22.4 Å². The fourth-order valence-electron chi connectivity index (χ4n) is 3.46. The summed E-state index contributed by atoms with van der Waals surface area (Å²) in [6.45, 7) is 5.59. The van der Waals surface area contributed by atoms with Crippen LogP contribution in [0.3, 0.4) is 0 Å². The van der Waals surface area contributed by atoms with Gasteiger partial charge in [-0.2, -0.15) is 0 Å². The molecule has 4 nitrogen and oxygen atoms in total. The second-order valence-electron chi connectivity index (χ2n) is 6.93. The smallest absolute Gasteiger partial charge is 0.229 e. The standard InChI is InChI=1S/C17H27N3OS/c1-13-7-9-20(10-8-13)11-15-12-22-17(18-15)19-16(21)14-5-3-2-4-6-14/h12-14H,2-11H2,1H3,(H,18,19,21). The van der Waals surface area contributed by atoms with Crippen LogP contribution in [0.15, 0.2) is 5.38 Å². The third-order valence-corrected chi connectivity index (χ3v) is 5.83. The lowest BCUT2D eigenvalue weighted by molar-refractivity contribution is -0.120. The molecule has 3 rings (SSSR count). The number of hydrogen-bond donors (Lipinski definition) is 1. The van der Waals surface area contributed by atoms with Crippen molar-refractivity contribution in [1.29, 1.82) is 0 Å². The molecule has 0 aromatic carbocycles. The molecule has 1 aliphatic heterocycles. The quantitative estimate of drug-likeness (QED) is 0.915. The Morgan fingerprint density at radius 2 is 2.00 bits per heavy atom. The Balaban J connectivity index is 1.49. The van der Waals surface area contributed by atoms with Crippen molar-refractivity contribution in [3.63, 3.8) is 0 Å². The van der Waals surface area contributed by atoms with Crippen molar-refractivity contribution in [2.45, 2.75) is 58.4 Å². The number of aromatic nitrogens is 1. The van der Waals surface area contributed by atoms with E-state index in [-0.39, 0.29) is 11.8 Å². The van der Waals surface area contributed by atoms with Crippen molar-refractivity contribution < 1.29 is 4.79 Å². The van der Waals surface area contributed by atoms with Crippen LogP contribution in [0.1, 0.15) is 57.6 Å². The number of anilines is 1. The predicted octanol–water partition coefficient (Wildman–Crippen LogP) is 3.89. The highest BCUT2D eigenvalue weighted by molar-refractivity contribution is 7.13. The molecule has 1 aromatic rings. The van der Waals surface area contributed by atoms with Crippen LogP contribution >= 0.6 is 11.3 Å². The average molecular weight is 321 g/mol. The minimum atomic E-state index is 0.174. The van der Waals surface area contributed by atoms with Gasteiger partial charge in [0.2, 0.25) is 5.91 Å². The molecule has 0 unspecified atom stereocenters. The van der Waals surface area contributed by atoms with E-state index in [1.54, 1.807) is 11.3 Å². The first-order valence-corrected chi connectivity index (χ1v) is 9.56. The van der Waals surface area contributed by atoms with E-state index in [1.165, 1.54) is 45.2 Å². The number of piperidine rings is 1. The van der Waals surface area contributed by atoms with E-state index in [1.807, 2.05) is 0 Å². The summed E-state index contributed by atoms with van der Waals surface area (Å²) in [7, 11) is 0. The van der Waals surface area contributed by atoms with Crippen molar-refractivity contribution in [2.75, 3.05) is 18.4 Å². The highest BCUT2D eigenvalue weighted by Crippen LogP contribution is 2.26. The van der Waals surface area contributed by atoms with Gasteiger partial charge in [-0.3, -0.25) is 9.69 Å². The van der Waals surface area contributed by atoms with E-state index in [0.717, 1.165) is 36.1 Å². The minimum absolute atomic E-state index is 0.174. The van der Waals surface area contributed by atoms with E-state index in [9.17, 15) is 4.79 Å². The SMILES string of the molecule is CC1CCN(Cc2csc(NC(=O)C3CCCCC3)n2)CC1. The third-order valence-electron chi connectivity index (χ3n) is 5.02. The molecule has 0 radical (unpaired) electrons. The molecule has 2 heterocycles. The largest absolute Gasteiger partial charge is 0.302 e. The van der Waals surface area contributed by atoms with Gasteiger partial charge in [0.25, 0.3) is 0 Å². The molecule has 1 amide bonds. The van der Waals surface area contributed by atoms with Gasteiger partial charge in [0.15, 0.2) is 5.13 Å². The summed E-state index contributed by atoms with van der Waals surface area (Å²) in [5.74, 6) is 1.23. The van der Waals surface area contributed by atoms with E-state index >= 15 is 0 Å².